The number of alkyl halides is 1. The van der Waals surface area contributed by atoms with E-state index in [1.54, 1.807) is 0 Å². The molecular formula is C10H17ClN. The normalized spacial score (nSPS) is 38.8. The van der Waals surface area contributed by atoms with E-state index < -0.39 is 0 Å². The Morgan fingerprint density at radius 1 is 1.17 bits per heavy atom. The molecule has 1 nitrogen and oxygen atoms in total. The summed E-state index contributed by atoms with van der Waals surface area (Å²) in [6.07, 6.45) is 8.81. The van der Waals surface area contributed by atoms with Crippen LogP contribution in [0.4, 0.5) is 0 Å². The van der Waals surface area contributed by atoms with E-state index in [1.165, 1.54) is 45.2 Å². The number of likely N-dealkylation sites (tertiary alicyclic amines) is 1. The van der Waals surface area contributed by atoms with Crippen LogP contribution in [0, 0.1) is 6.42 Å². The summed E-state index contributed by atoms with van der Waals surface area (Å²) in [5.74, 6) is 0. The molecule has 2 aliphatic rings. The van der Waals surface area contributed by atoms with E-state index in [0.717, 1.165) is 0 Å². The molecule has 12 heavy (non-hydrogen) atoms. The molecule has 1 heterocycles. The van der Waals surface area contributed by atoms with E-state index in [-0.39, 0.29) is 0 Å². The van der Waals surface area contributed by atoms with Gasteiger partial charge in [-0.05, 0) is 45.2 Å². The number of halogens is 1. The quantitative estimate of drug-likeness (QED) is 0.569. The zero-order valence-corrected chi connectivity index (χ0v) is 8.26. The second kappa shape index (κ2) is 3.97. The Bertz CT molecular complexity index is 143. The molecule has 0 N–H and O–H groups in total. The van der Waals surface area contributed by atoms with Crippen LogP contribution in [0.5, 0.6) is 0 Å². The van der Waals surface area contributed by atoms with Gasteiger partial charge in [0.25, 0.3) is 0 Å². The fourth-order valence-corrected chi connectivity index (χ4v) is 2.85. The molecule has 2 heteroatoms. The van der Waals surface area contributed by atoms with Crippen LogP contribution in [0.15, 0.2) is 0 Å². The topological polar surface area (TPSA) is 3.24 Å². The van der Waals surface area contributed by atoms with Crippen molar-refractivity contribution in [3.63, 3.8) is 0 Å². The van der Waals surface area contributed by atoms with Crippen molar-refractivity contribution in [2.24, 2.45) is 0 Å². The number of hydrogen-bond acceptors (Lipinski definition) is 1. The van der Waals surface area contributed by atoms with Gasteiger partial charge in [0.05, 0.1) is 0 Å². The summed E-state index contributed by atoms with van der Waals surface area (Å²) < 4.78 is 0. The van der Waals surface area contributed by atoms with Crippen LogP contribution < -0.4 is 0 Å². The van der Waals surface area contributed by atoms with E-state index in [9.17, 15) is 0 Å². The summed E-state index contributed by atoms with van der Waals surface area (Å²) in [5.41, 5.74) is 0. The predicted molar refractivity (Wildman–Crippen MR) is 52.4 cm³/mol. The molecule has 0 aromatic heterocycles. The molecule has 0 aromatic rings. The van der Waals surface area contributed by atoms with Crippen LogP contribution in [0.1, 0.15) is 32.1 Å². The summed E-state index contributed by atoms with van der Waals surface area (Å²) >= 11 is 6.26. The smallest absolute Gasteiger partial charge is 0.0491 e. The monoisotopic (exact) mass is 186 g/mol. The van der Waals surface area contributed by atoms with Gasteiger partial charge in [-0.1, -0.05) is 6.42 Å². The van der Waals surface area contributed by atoms with Crippen LogP contribution in [0.25, 0.3) is 0 Å². The molecule has 1 saturated carbocycles. The number of piperidine rings is 1. The van der Waals surface area contributed by atoms with Crippen LogP contribution in [-0.2, 0) is 0 Å². The van der Waals surface area contributed by atoms with Gasteiger partial charge in [-0.3, -0.25) is 4.90 Å². The van der Waals surface area contributed by atoms with E-state index in [4.69, 9.17) is 11.6 Å². The summed E-state index contributed by atoms with van der Waals surface area (Å²) in [6, 6.07) is 0.695. The minimum Gasteiger partial charge on any atom is -0.299 e. The van der Waals surface area contributed by atoms with Crippen LogP contribution in [-0.4, -0.2) is 29.4 Å². The molecule has 0 spiro atoms. The van der Waals surface area contributed by atoms with Crippen molar-refractivity contribution in [1.29, 1.82) is 0 Å². The van der Waals surface area contributed by atoms with Gasteiger partial charge < -0.3 is 0 Å². The van der Waals surface area contributed by atoms with Gasteiger partial charge in [-0.25, -0.2) is 0 Å². The van der Waals surface area contributed by atoms with Crippen molar-refractivity contribution in [3.8, 4) is 0 Å². The van der Waals surface area contributed by atoms with Crippen LogP contribution in [0.3, 0.4) is 0 Å². The first kappa shape index (κ1) is 8.83. The highest BCUT2D eigenvalue weighted by Crippen LogP contribution is 2.29. The Hall–Kier alpha value is 0.250. The molecular weight excluding hydrogens is 170 g/mol. The van der Waals surface area contributed by atoms with Gasteiger partial charge in [-0.2, -0.15) is 0 Å². The van der Waals surface area contributed by atoms with Gasteiger partial charge >= 0.3 is 0 Å². The number of hydrogen-bond donors (Lipinski definition) is 0. The molecule has 69 valence electrons. The fourth-order valence-electron chi connectivity index (χ4n) is 2.41. The summed E-state index contributed by atoms with van der Waals surface area (Å²) in [5, 5.41) is 0.433. The van der Waals surface area contributed by atoms with Crippen molar-refractivity contribution < 1.29 is 0 Å². The van der Waals surface area contributed by atoms with Gasteiger partial charge in [-0.15, -0.1) is 11.6 Å². The predicted octanol–water partition coefficient (Wildman–Crippen LogP) is 2.45. The van der Waals surface area contributed by atoms with Crippen LogP contribution in [0.2, 0.25) is 0 Å². The molecule has 0 bridgehead atoms. The van der Waals surface area contributed by atoms with Crippen molar-refractivity contribution >= 4 is 11.6 Å². The maximum atomic E-state index is 6.26. The van der Waals surface area contributed by atoms with Crippen LogP contribution >= 0.6 is 11.6 Å². The molecule has 0 amide bonds. The number of nitrogens with zero attached hydrogens (tertiary/aromatic N) is 1. The largest absolute Gasteiger partial charge is 0.299 e. The SMILES string of the molecule is ClC1CCCC1N1CC[CH]CC1. The fraction of sp³-hybridized carbons (Fsp3) is 0.900. The third kappa shape index (κ3) is 1.77. The van der Waals surface area contributed by atoms with E-state index in [0.29, 0.717) is 11.4 Å². The van der Waals surface area contributed by atoms with E-state index >= 15 is 0 Å². The van der Waals surface area contributed by atoms with Gasteiger partial charge in [0, 0.05) is 11.4 Å². The van der Waals surface area contributed by atoms with Crippen molar-refractivity contribution in [2.75, 3.05) is 13.1 Å². The van der Waals surface area contributed by atoms with Crippen molar-refractivity contribution in [2.45, 2.75) is 43.5 Å². The average Bonchev–Trinajstić information content (AvgIpc) is 2.53. The summed E-state index contributed by atoms with van der Waals surface area (Å²) in [4.78, 5) is 2.59. The Kier molecular flexibility index (Phi) is 2.92. The maximum absolute atomic E-state index is 6.26. The second-order valence-electron chi connectivity index (χ2n) is 3.92. The Balaban J connectivity index is 1.89. The molecule has 2 unspecified atom stereocenters. The molecule has 1 saturated heterocycles. The third-order valence-corrected chi connectivity index (χ3v) is 3.62. The Labute approximate surface area is 80.1 Å². The molecule has 2 atom stereocenters. The highest BCUT2D eigenvalue weighted by molar-refractivity contribution is 6.21. The van der Waals surface area contributed by atoms with Crippen molar-refractivity contribution in [1.82, 2.24) is 4.90 Å². The van der Waals surface area contributed by atoms with Gasteiger partial charge in [0.2, 0.25) is 0 Å². The average molecular weight is 187 g/mol. The lowest BCUT2D eigenvalue weighted by Gasteiger charge is -2.33. The third-order valence-electron chi connectivity index (χ3n) is 3.11. The van der Waals surface area contributed by atoms with E-state index in [2.05, 4.69) is 11.3 Å². The second-order valence-corrected chi connectivity index (χ2v) is 4.48. The summed E-state index contributed by atoms with van der Waals surface area (Å²) in [6.45, 7) is 2.49. The first-order chi connectivity index (χ1) is 5.88. The Morgan fingerprint density at radius 2 is 1.92 bits per heavy atom. The standard InChI is InChI=1S/C10H17ClN/c11-9-5-4-6-10(9)12-7-2-1-3-8-12/h1,9-10H,2-8H2. The van der Waals surface area contributed by atoms with Gasteiger partial charge in [0.15, 0.2) is 0 Å². The molecule has 1 aliphatic heterocycles. The molecule has 2 rings (SSSR count). The highest BCUT2D eigenvalue weighted by Gasteiger charge is 2.30. The molecule has 1 aliphatic carbocycles. The molecule has 1 radical (unpaired) electrons. The molecule has 2 fully saturated rings. The number of rotatable bonds is 1. The highest BCUT2D eigenvalue weighted by atomic mass is 35.5. The minimum atomic E-state index is 0.433. The van der Waals surface area contributed by atoms with Crippen molar-refractivity contribution in [3.05, 3.63) is 6.42 Å². The molecule has 0 aromatic carbocycles. The van der Waals surface area contributed by atoms with Gasteiger partial charge in [0.1, 0.15) is 0 Å². The maximum Gasteiger partial charge on any atom is 0.0491 e. The first-order valence-corrected chi connectivity index (χ1v) is 5.51. The first-order valence-electron chi connectivity index (χ1n) is 5.08. The lowest BCUT2D eigenvalue weighted by molar-refractivity contribution is 0.186. The minimum absolute atomic E-state index is 0.433. The zero-order valence-electron chi connectivity index (χ0n) is 7.51. The van der Waals surface area contributed by atoms with E-state index in [1.807, 2.05) is 0 Å². The lowest BCUT2D eigenvalue weighted by Crippen LogP contribution is -2.41. The zero-order chi connectivity index (χ0) is 8.39. The summed E-state index contributed by atoms with van der Waals surface area (Å²) in [7, 11) is 0. The lowest BCUT2D eigenvalue weighted by atomic mass is 10.1. The Morgan fingerprint density at radius 3 is 2.50 bits per heavy atom.